The van der Waals surface area contributed by atoms with E-state index < -0.39 is 0 Å². The molecule has 5 heteroatoms. The van der Waals surface area contributed by atoms with E-state index in [1.165, 1.54) is 0 Å². The Morgan fingerprint density at radius 1 is 0.245 bits per heavy atom. The van der Waals surface area contributed by atoms with Crippen molar-refractivity contribution in [2.24, 2.45) is 0 Å². The maximum Gasteiger partial charge on any atom is 0.127 e. The highest BCUT2D eigenvalue weighted by molar-refractivity contribution is 6.05. The molecule has 0 radical (unpaired) electrons. The molecule has 0 fully saturated rings. The zero-order valence-electron chi connectivity index (χ0n) is 28.5. The van der Waals surface area contributed by atoms with E-state index in [4.69, 9.17) is 24.7 Å². The van der Waals surface area contributed by atoms with Gasteiger partial charge in [-0.05, 0) is 72.8 Å². The summed E-state index contributed by atoms with van der Waals surface area (Å²) in [5, 5.41) is 4.25. The van der Waals surface area contributed by atoms with Gasteiger partial charge in [-0.15, -0.1) is 0 Å². The van der Waals surface area contributed by atoms with Gasteiger partial charge in [0.2, 0.25) is 0 Å². The molecule has 4 aromatic heterocycles. The predicted molar refractivity (Wildman–Crippen MR) is 216 cm³/mol. The molecule has 0 aliphatic rings. The van der Waals surface area contributed by atoms with Crippen LogP contribution in [0.15, 0.2) is 182 Å². The molecule has 0 amide bonds. The van der Waals surface area contributed by atoms with Crippen molar-refractivity contribution in [3.63, 3.8) is 0 Å². The quantitative estimate of drug-likeness (QED) is 0.164. The van der Waals surface area contributed by atoms with Gasteiger partial charge in [-0.2, -0.15) is 0 Å². The minimum Gasteiger partial charge on any atom is -0.457 e. The number of pyridine rings is 4. The van der Waals surface area contributed by atoms with Gasteiger partial charge in [0.25, 0.3) is 0 Å². The second-order valence-corrected chi connectivity index (χ2v) is 13.1. The maximum atomic E-state index is 6.27. The van der Waals surface area contributed by atoms with Gasteiger partial charge in [0.1, 0.15) is 11.5 Å². The standard InChI is InChI=1S/C48H30N4O/c1-3-7-31(8-4-1)41-27-19-35-11-13-37-21-29-43(51-47(37)45(35)49-41)33-15-23-39(24-16-33)53-40-25-17-34(18-26-40)44-30-22-38-14-12-36-20-28-42(32-9-5-2-6-10-32)50-46(36)48(38)52-44/h1-30H. The molecule has 5 nitrogen and oxygen atoms in total. The van der Waals surface area contributed by atoms with E-state index in [2.05, 4.69) is 97.1 Å². The van der Waals surface area contributed by atoms with Crippen molar-refractivity contribution in [1.82, 2.24) is 19.9 Å². The SMILES string of the molecule is c1ccc(-c2ccc3ccc4ccc(-c5ccc(Oc6ccc(-c7ccc8ccc9ccc(-c%10ccccc%10)nc9c8n7)cc6)cc5)nc4c3n2)cc1. The molecule has 0 atom stereocenters. The van der Waals surface area contributed by atoms with Gasteiger partial charge < -0.3 is 4.74 Å². The van der Waals surface area contributed by atoms with Crippen molar-refractivity contribution >= 4 is 43.6 Å². The summed E-state index contributed by atoms with van der Waals surface area (Å²) in [6.07, 6.45) is 0. The van der Waals surface area contributed by atoms with Crippen LogP contribution in [0.3, 0.4) is 0 Å². The lowest BCUT2D eigenvalue weighted by Crippen LogP contribution is -1.91. The van der Waals surface area contributed by atoms with Gasteiger partial charge in [0.05, 0.1) is 44.8 Å². The van der Waals surface area contributed by atoms with Crippen LogP contribution in [0, 0.1) is 0 Å². The average molecular weight is 679 g/mol. The highest BCUT2D eigenvalue weighted by Gasteiger charge is 2.11. The molecule has 4 heterocycles. The molecule has 53 heavy (non-hydrogen) atoms. The van der Waals surface area contributed by atoms with Crippen molar-refractivity contribution in [2.45, 2.75) is 0 Å². The third-order valence-corrected chi connectivity index (χ3v) is 9.71. The van der Waals surface area contributed by atoms with Crippen LogP contribution in [0.1, 0.15) is 0 Å². The fraction of sp³-hybridized carbons (Fsp3) is 0. The van der Waals surface area contributed by atoms with Gasteiger partial charge >= 0.3 is 0 Å². The topological polar surface area (TPSA) is 60.8 Å². The molecule has 0 saturated carbocycles. The fourth-order valence-corrected chi connectivity index (χ4v) is 6.92. The van der Waals surface area contributed by atoms with Gasteiger partial charge in [-0.3, -0.25) is 0 Å². The molecule has 0 aliphatic heterocycles. The molecule has 0 aliphatic carbocycles. The molecule has 0 unspecified atom stereocenters. The Labute approximate surface area is 305 Å². The number of fused-ring (bicyclic) bond motifs is 6. The summed E-state index contributed by atoms with van der Waals surface area (Å²) in [7, 11) is 0. The lowest BCUT2D eigenvalue weighted by atomic mass is 10.1. The van der Waals surface area contributed by atoms with Crippen LogP contribution < -0.4 is 4.74 Å². The van der Waals surface area contributed by atoms with E-state index in [9.17, 15) is 0 Å². The van der Waals surface area contributed by atoms with Crippen LogP contribution in [0.4, 0.5) is 0 Å². The normalized spacial score (nSPS) is 11.4. The third kappa shape index (κ3) is 5.80. The first-order chi connectivity index (χ1) is 26.2. The Bertz CT molecular complexity index is 2740. The lowest BCUT2D eigenvalue weighted by Gasteiger charge is -2.10. The molecule has 0 spiro atoms. The zero-order chi connectivity index (χ0) is 35.1. The van der Waals surface area contributed by atoms with Crippen molar-refractivity contribution in [1.29, 1.82) is 0 Å². The van der Waals surface area contributed by atoms with Crippen molar-refractivity contribution in [2.75, 3.05) is 0 Å². The third-order valence-electron chi connectivity index (χ3n) is 9.71. The van der Waals surface area contributed by atoms with Crippen LogP contribution in [0.2, 0.25) is 0 Å². The number of hydrogen-bond acceptors (Lipinski definition) is 5. The first kappa shape index (κ1) is 30.6. The van der Waals surface area contributed by atoms with Crippen LogP contribution in [0.25, 0.3) is 88.6 Å². The van der Waals surface area contributed by atoms with Crippen LogP contribution >= 0.6 is 0 Å². The van der Waals surface area contributed by atoms with E-state index >= 15 is 0 Å². The Morgan fingerprint density at radius 2 is 0.509 bits per heavy atom. The molecule has 0 bridgehead atoms. The smallest absolute Gasteiger partial charge is 0.127 e. The summed E-state index contributed by atoms with van der Waals surface area (Å²) in [6.45, 7) is 0. The van der Waals surface area contributed by atoms with Crippen molar-refractivity contribution in [3.05, 3.63) is 182 Å². The van der Waals surface area contributed by atoms with Gasteiger partial charge in [-0.1, -0.05) is 109 Å². The first-order valence-corrected chi connectivity index (χ1v) is 17.6. The van der Waals surface area contributed by atoms with E-state index in [0.717, 1.165) is 100 Å². The van der Waals surface area contributed by atoms with Gasteiger partial charge in [-0.25, -0.2) is 19.9 Å². The highest BCUT2D eigenvalue weighted by atomic mass is 16.5. The predicted octanol–water partition coefficient (Wildman–Crippen LogP) is 12.3. The summed E-state index contributed by atoms with van der Waals surface area (Å²) < 4.78 is 6.27. The number of ether oxygens (including phenoxy) is 1. The number of hydrogen-bond donors (Lipinski definition) is 0. The van der Waals surface area contributed by atoms with E-state index in [0.29, 0.717) is 0 Å². The second-order valence-electron chi connectivity index (χ2n) is 13.1. The number of rotatable bonds is 6. The molecule has 6 aromatic carbocycles. The van der Waals surface area contributed by atoms with Crippen molar-refractivity contribution in [3.8, 4) is 56.5 Å². The van der Waals surface area contributed by atoms with Crippen LogP contribution in [-0.4, -0.2) is 19.9 Å². The number of aromatic nitrogens is 4. The first-order valence-electron chi connectivity index (χ1n) is 17.6. The largest absolute Gasteiger partial charge is 0.457 e. The van der Waals surface area contributed by atoms with E-state index in [1.54, 1.807) is 0 Å². The molecule has 10 rings (SSSR count). The van der Waals surface area contributed by atoms with Crippen LogP contribution in [-0.2, 0) is 0 Å². The minimum atomic E-state index is 0.748. The summed E-state index contributed by atoms with van der Waals surface area (Å²) >= 11 is 0. The van der Waals surface area contributed by atoms with Gasteiger partial charge in [0, 0.05) is 43.8 Å². The number of benzene rings is 6. The molecule has 10 aromatic rings. The summed E-state index contributed by atoms with van der Waals surface area (Å²) in [6, 6.07) is 61.8. The minimum absolute atomic E-state index is 0.748. The fourth-order valence-electron chi connectivity index (χ4n) is 6.92. The maximum absolute atomic E-state index is 6.27. The molecule has 0 N–H and O–H groups in total. The van der Waals surface area contributed by atoms with Crippen molar-refractivity contribution < 1.29 is 4.74 Å². The molecule has 0 saturated heterocycles. The Morgan fingerprint density at radius 3 is 0.811 bits per heavy atom. The summed E-state index contributed by atoms with van der Waals surface area (Å²) in [5.41, 5.74) is 11.4. The summed E-state index contributed by atoms with van der Waals surface area (Å²) in [5.74, 6) is 1.50. The molecule has 248 valence electrons. The number of nitrogens with zero attached hydrogens (tertiary/aromatic N) is 4. The lowest BCUT2D eigenvalue weighted by molar-refractivity contribution is 0.483. The second kappa shape index (κ2) is 12.8. The zero-order valence-corrected chi connectivity index (χ0v) is 28.5. The van der Waals surface area contributed by atoms with Crippen LogP contribution in [0.5, 0.6) is 11.5 Å². The van der Waals surface area contributed by atoms with Gasteiger partial charge in [0.15, 0.2) is 0 Å². The molecular weight excluding hydrogens is 649 g/mol. The van der Waals surface area contributed by atoms with E-state index in [-0.39, 0.29) is 0 Å². The Kier molecular flexibility index (Phi) is 7.40. The average Bonchev–Trinajstić information content (AvgIpc) is 3.24. The Balaban J connectivity index is 0.903. The highest BCUT2D eigenvalue weighted by Crippen LogP contribution is 2.32. The monoisotopic (exact) mass is 678 g/mol. The molecular formula is C48H30N4O. The van der Waals surface area contributed by atoms with E-state index in [1.807, 2.05) is 84.9 Å². The Hall–Kier alpha value is -7.24. The summed E-state index contributed by atoms with van der Waals surface area (Å²) in [4.78, 5) is 20.3.